The Kier molecular flexibility index (Phi) is 6.31. The van der Waals surface area contributed by atoms with Gasteiger partial charge in [-0.2, -0.15) is 5.10 Å². The molecule has 41 heavy (non-hydrogen) atoms. The summed E-state index contributed by atoms with van der Waals surface area (Å²) in [6.07, 6.45) is 1.62. The van der Waals surface area contributed by atoms with Crippen LogP contribution in [0.4, 0.5) is 0 Å². The Labute approximate surface area is 244 Å². The monoisotopic (exact) mass is 605 g/mol. The van der Waals surface area contributed by atoms with E-state index >= 15 is 0 Å². The van der Waals surface area contributed by atoms with E-state index in [1.54, 1.807) is 10.8 Å². The molecular formula is C31H24BrN7O2. The lowest BCUT2D eigenvalue weighted by atomic mass is 9.84. The zero-order valence-corrected chi connectivity index (χ0v) is 23.9. The molecule has 9 nitrogen and oxygen atoms in total. The Balaban J connectivity index is 1.29. The van der Waals surface area contributed by atoms with Crippen molar-refractivity contribution < 1.29 is 9.57 Å². The highest BCUT2D eigenvalue weighted by atomic mass is 79.9. The fourth-order valence-corrected chi connectivity index (χ4v) is 5.40. The van der Waals surface area contributed by atoms with Crippen LogP contribution in [-0.4, -0.2) is 35.1 Å². The van der Waals surface area contributed by atoms with Crippen LogP contribution in [0.3, 0.4) is 0 Å². The predicted octanol–water partition coefficient (Wildman–Crippen LogP) is 6.61. The summed E-state index contributed by atoms with van der Waals surface area (Å²) in [6.45, 7) is 4.01. The summed E-state index contributed by atoms with van der Waals surface area (Å²) in [5, 5.41) is 13.8. The average Bonchev–Trinajstić information content (AvgIpc) is 3.57. The quantitative estimate of drug-likeness (QED) is 0.156. The molecule has 0 bridgehead atoms. The van der Waals surface area contributed by atoms with Crippen molar-refractivity contribution in [1.82, 2.24) is 29.4 Å². The van der Waals surface area contributed by atoms with Gasteiger partial charge in [0.15, 0.2) is 18.1 Å². The number of ether oxygens (including phenoxy) is 1. The molecule has 7 rings (SSSR count). The first-order valence-corrected chi connectivity index (χ1v) is 13.9. The number of para-hydroxylation sites is 1. The minimum Gasteiger partial charge on any atom is -0.420 e. The normalized spacial score (nSPS) is 14.4. The van der Waals surface area contributed by atoms with E-state index in [4.69, 9.17) is 19.7 Å². The van der Waals surface area contributed by atoms with Gasteiger partial charge in [0.1, 0.15) is 6.33 Å². The van der Waals surface area contributed by atoms with E-state index in [9.17, 15) is 0 Å². The zero-order valence-electron chi connectivity index (χ0n) is 22.3. The molecule has 1 aliphatic rings. The highest BCUT2D eigenvalue weighted by Crippen LogP contribution is 2.49. The maximum Gasteiger partial charge on any atom is 0.230 e. The minimum absolute atomic E-state index is 0.109. The lowest BCUT2D eigenvalue weighted by molar-refractivity contribution is 0.125. The molecule has 10 heteroatoms. The number of hydrogen-bond acceptors (Lipinski definition) is 7. The Bertz CT molecular complexity index is 1900. The van der Waals surface area contributed by atoms with Crippen molar-refractivity contribution >= 4 is 27.3 Å². The van der Waals surface area contributed by atoms with Crippen LogP contribution in [0.25, 0.3) is 11.3 Å². The number of halogens is 1. The second-order valence-electron chi connectivity index (χ2n) is 9.71. The summed E-state index contributed by atoms with van der Waals surface area (Å²) in [6, 6.07) is 28.1. The van der Waals surface area contributed by atoms with Crippen molar-refractivity contribution in [3.63, 3.8) is 0 Å². The van der Waals surface area contributed by atoms with Crippen molar-refractivity contribution in [2.24, 2.45) is 5.16 Å². The number of aryl methyl sites for hydroxylation is 1. The van der Waals surface area contributed by atoms with Gasteiger partial charge in [-0.1, -0.05) is 81.7 Å². The van der Waals surface area contributed by atoms with Gasteiger partial charge in [-0.05, 0) is 49.2 Å². The van der Waals surface area contributed by atoms with Gasteiger partial charge in [-0.3, -0.25) is 0 Å². The number of oxime groups is 1. The molecule has 0 amide bonds. The third kappa shape index (κ3) is 4.55. The average molecular weight is 606 g/mol. The third-order valence-electron chi connectivity index (χ3n) is 7.05. The Morgan fingerprint density at radius 3 is 2.44 bits per heavy atom. The molecule has 1 aliphatic heterocycles. The summed E-state index contributed by atoms with van der Waals surface area (Å²) < 4.78 is 11.0. The standard InChI is InChI=1S/C31H24BrN7O2/c1-19(21-13-15-23(32)16-14-21)37-40-17-25-34-29-28-27(22-9-5-3-6-10-22)26-20(2)35-39(24-11-7-4-8-12-24)31(26)41-30(28)33-18-38(29)36-25/h3-16,18,27H,17H2,1-2H3/b37-19+. The molecule has 4 heterocycles. The first-order chi connectivity index (χ1) is 20.1. The van der Waals surface area contributed by atoms with Crippen molar-refractivity contribution in [1.29, 1.82) is 0 Å². The Morgan fingerprint density at radius 2 is 1.68 bits per heavy atom. The van der Waals surface area contributed by atoms with Gasteiger partial charge in [0.2, 0.25) is 11.8 Å². The fraction of sp³-hybridized carbons (Fsp3) is 0.129. The van der Waals surface area contributed by atoms with E-state index in [0.717, 1.165) is 43.8 Å². The lowest BCUT2D eigenvalue weighted by Crippen LogP contribution is -2.16. The number of aromatic nitrogens is 6. The molecule has 0 aliphatic carbocycles. The second kappa shape index (κ2) is 10.3. The predicted molar refractivity (Wildman–Crippen MR) is 158 cm³/mol. The van der Waals surface area contributed by atoms with Crippen LogP contribution >= 0.6 is 15.9 Å². The zero-order chi connectivity index (χ0) is 27.9. The van der Waals surface area contributed by atoms with E-state index in [-0.39, 0.29) is 12.5 Å². The highest BCUT2D eigenvalue weighted by molar-refractivity contribution is 9.10. The molecule has 0 saturated heterocycles. The molecule has 1 atom stereocenters. The van der Waals surface area contributed by atoms with E-state index < -0.39 is 0 Å². The fourth-order valence-electron chi connectivity index (χ4n) is 5.14. The summed E-state index contributed by atoms with van der Waals surface area (Å²) in [4.78, 5) is 15.2. The summed E-state index contributed by atoms with van der Waals surface area (Å²) in [7, 11) is 0. The van der Waals surface area contributed by atoms with Crippen LogP contribution in [-0.2, 0) is 11.4 Å². The molecule has 202 valence electrons. The number of nitrogens with zero attached hydrogens (tertiary/aromatic N) is 7. The minimum atomic E-state index is -0.209. The summed E-state index contributed by atoms with van der Waals surface area (Å²) >= 11 is 3.46. The number of fused-ring (bicyclic) bond motifs is 4. The van der Waals surface area contributed by atoms with Crippen LogP contribution in [0.2, 0.25) is 0 Å². The smallest absolute Gasteiger partial charge is 0.230 e. The second-order valence-corrected chi connectivity index (χ2v) is 10.6. The molecule has 0 fully saturated rings. The molecule has 3 aromatic carbocycles. The van der Waals surface area contributed by atoms with Crippen molar-refractivity contribution in [2.45, 2.75) is 26.4 Å². The maximum absolute atomic E-state index is 6.47. The molecule has 1 unspecified atom stereocenters. The van der Waals surface area contributed by atoms with Gasteiger partial charge in [0.25, 0.3) is 0 Å². The topological polar surface area (TPSA) is 91.7 Å². The van der Waals surface area contributed by atoms with E-state index in [0.29, 0.717) is 23.2 Å². The summed E-state index contributed by atoms with van der Waals surface area (Å²) in [5.74, 6) is 1.40. The number of rotatable bonds is 6. The Hall–Kier alpha value is -4.83. The van der Waals surface area contributed by atoms with Crippen LogP contribution in [0.5, 0.6) is 11.8 Å². The number of benzene rings is 3. The summed E-state index contributed by atoms with van der Waals surface area (Å²) in [5.41, 5.74) is 7.04. The van der Waals surface area contributed by atoms with Crippen LogP contribution in [0.15, 0.2) is 101 Å². The van der Waals surface area contributed by atoms with E-state index in [1.807, 2.05) is 91.3 Å². The molecule has 0 spiro atoms. The first-order valence-electron chi connectivity index (χ1n) is 13.1. The van der Waals surface area contributed by atoms with Gasteiger partial charge >= 0.3 is 0 Å². The van der Waals surface area contributed by atoms with Crippen LogP contribution < -0.4 is 4.74 Å². The van der Waals surface area contributed by atoms with Gasteiger partial charge in [0.05, 0.1) is 34.1 Å². The highest BCUT2D eigenvalue weighted by Gasteiger charge is 2.38. The van der Waals surface area contributed by atoms with E-state index in [2.05, 4.69) is 43.3 Å². The van der Waals surface area contributed by atoms with Crippen molar-refractivity contribution in [2.75, 3.05) is 0 Å². The van der Waals surface area contributed by atoms with Gasteiger partial charge in [-0.15, -0.1) is 5.10 Å². The first kappa shape index (κ1) is 25.2. The van der Waals surface area contributed by atoms with Crippen molar-refractivity contribution in [3.8, 4) is 17.4 Å². The van der Waals surface area contributed by atoms with Gasteiger partial charge in [-0.25, -0.2) is 19.2 Å². The van der Waals surface area contributed by atoms with Crippen LogP contribution in [0.1, 0.15) is 46.6 Å². The molecular weight excluding hydrogens is 582 g/mol. The van der Waals surface area contributed by atoms with Gasteiger partial charge < -0.3 is 9.57 Å². The maximum atomic E-state index is 6.47. The number of hydrogen-bond donors (Lipinski definition) is 0. The SMILES string of the molecule is C/C(=N\OCc1nc2c3c(ncn2n1)Oc1c(c(C)nn1-c1ccccc1)C3c1ccccc1)c1ccc(Br)cc1. The van der Waals surface area contributed by atoms with Crippen LogP contribution in [0, 0.1) is 6.92 Å². The molecule has 0 radical (unpaired) electrons. The molecule has 0 saturated carbocycles. The largest absolute Gasteiger partial charge is 0.420 e. The third-order valence-corrected chi connectivity index (χ3v) is 7.58. The van der Waals surface area contributed by atoms with E-state index in [1.165, 1.54) is 0 Å². The van der Waals surface area contributed by atoms with Gasteiger partial charge in [0, 0.05) is 4.47 Å². The lowest BCUT2D eigenvalue weighted by Gasteiger charge is -2.26. The molecule has 0 N–H and O–H groups in total. The Morgan fingerprint density at radius 1 is 0.951 bits per heavy atom. The van der Waals surface area contributed by atoms with Crippen molar-refractivity contribution in [3.05, 3.63) is 130 Å². The molecule has 3 aromatic heterocycles. The molecule has 6 aromatic rings.